The van der Waals surface area contributed by atoms with Gasteiger partial charge in [-0.15, -0.1) is 11.3 Å². The van der Waals surface area contributed by atoms with Gasteiger partial charge in [-0.1, -0.05) is 11.6 Å². The monoisotopic (exact) mass is 256 g/mol. The van der Waals surface area contributed by atoms with Gasteiger partial charge in [0.15, 0.2) is 0 Å². The van der Waals surface area contributed by atoms with E-state index in [1.807, 2.05) is 12.4 Å². The summed E-state index contributed by atoms with van der Waals surface area (Å²) in [7, 11) is 1.86. The Morgan fingerprint density at radius 3 is 2.94 bits per heavy atom. The minimum atomic E-state index is -0.340. The highest BCUT2D eigenvalue weighted by molar-refractivity contribution is 7.13. The number of thiazole rings is 1. The maximum Gasteiger partial charge on any atom is 0.125 e. The second-order valence-electron chi connectivity index (χ2n) is 3.33. The number of nitrogens with one attached hydrogen (secondary N) is 1. The van der Waals surface area contributed by atoms with E-state index in [4.69, 9.17) is 11.6 Å². The molecular weight excluding hydrogens is 247 g/mol. The van der Waals surface area contributed by atoms with Gasteiger partial charge in [-0.3, -0.25) is 0 Å². The van der Waals surface area contributed by atoms with Crippen molar-refractivity contribution >= 4 is 22.9 Å². The smallest absolute Gasteiger partial charge is 0.125 e. The predicted molar refractivity (Wildman–Crippen MR) is 65.3 cm³/mol. The summed E-state index contributed by atoms with van der Waals surface area (Å²) in [6.45, 7) is 0.708. The Balaban J connectivity index is 2.34. The molecule has 0 atom stereocenters. The number of hydrogen-bond acceptors (Lipinski definition) is 3. The summed E-state index contributed by atoms with van der Waals surface area (Å²) in [5, 5.41) is 6.14. The molecule has 84 valence electrons. The van der Waals surface area contributed by atoms with E-state index in [1.54, 1.807) is 6.07 Å². The highest BCUT2D eigenvalue weighted by Crippen LogP contribution is 2.27. The lowest BCUT2D eigenvalue weighted by molar-refractivity contribution is 0.628. The lowest BCUT2D eigenvalue weighted by Crippen LogP contribution is -2.04. The van der Waals surface area contributed by atoms with Gasteiger partial charge in [0.2, 0.25) is 0 Å². The molecular formula is C11H10ClFN2S. The Morgan fingerprint density at radius 2 is 2.25 bits per heavy atom. The second kappa shape index (κ2) is 4.91. The van der Waals surface area contributed by atoms with Crippen molar-refractivity contribution in [3.8, 4) is 10.6 Å². The van der Waals surface area contributed by atoms with Crippen LogP contribution in [0.1, 0.15) is 5.69 Å². The molecule has 1 N–H and O–H groups in total. The number of benzene rings is 1. The maximum atomic E-state index is 13.1. The van der Waals surface area contributed by atoms with Crippen LogP contribution in [0.25, 0.3) is 10.6 Å². The van der Waals surface area contributed by atoms with Crippen LogP contribution in [0.15, 0.2) is 23.6 Å². The van der Waals surface area contributed by atoms with E-state index in [-0.39, 0.29) is 5.82 Å². The van der Waals surface area contributed by atoms with Gasteiger partial charge in [0.05, 0.1) is 5.69 Å². The fraction of sp³-hybridized carbons (Fsp3) is 0.182. The third kappa shape index (κ3) is 2.58. The van der Waals surface area contributed by atoms with Crippen molar-refractivity contribution in [2.75, 3.05) is 7.05 Å². The summed E-state index contributed by atoms with van der Waals surface area (Å²) in [6.07, 6.45) is 0. The molecule has 0 saturated carbocycles. The summed E-state index contributed by atoms with van der Waals surface area (Å²) in [6, 6.07) is 4.44. The molecule has 5 heteroatoms. The van der Waals surface area contributed by atoms with Crippen molar-refractivity contribution in [1.29, 1.82) is 0 Å². The summed E-state index contributed by atoms with van der Waals surface area (Å²) in [4.78, 5) is 4.38. The topological polar surface area (TPSA) is 24.9 Å². The molecule has 1 aromatic carbocycles. The van der Waals surface area contributed by atoms with Gasteiger partial charge < -0.3 is 5.32 Å². The fourth-order valence-electron chi connectivity index (χ4n) is 1.38. The van der Waals surface area contributed by atoms with Crippen molar-refractivity contribution in [2.45, 2.75) is 6.54 Å². The van der Waals surface area contributed by atoms with E-state index >= 15 is 0 Å². The van der Waals surface area contributed by atoms with E-state index in [2.05, 4.69) is 10.3 Å². The van der Waals surface area contributed by atoms with Crippen LogP contribution in [-0.4, -0.2) is 12.0 Å². The number of aromatic nitrogens is 1. The quantitative estimate of drug-likeness (QED) is 0.911. The maximum absolute atomic E-state index is 13.1. The van der Waals surface area contributed by atoms with Gasteiger partial charge in [-0.25, -0.2) is 9.37 Å². The molecule has 1 aromatic heterocycles. The van der Waals surface area contributed by atoms with Crippen LogP contribution in [0.5, 0.6) is 0 Å². The molecule has 2 aromatic rings. The van der Waals surface area contributed by atoms with E-state index in [1.165, 1.54) is 23.5 Å². The SMILES string of the molecule is CNCc1csc(-c2cc(F)cc(Cl)c2)n1. The standard InChI is InChI=1S/C11H10ClFN2S/c1-14-5-10-6-16-11(15-10)7-2-8(12)4-9(13)3-7/h2-4,6,14H,5H2,1H3. The van der Waals surface area contributed by atoms with Crippen LogP contribution in [0.4, 0.5) is 4.39 Å². The highest BCUT2D eigenvalue weighted by Gasteiger charge is 2.06. The molecule has 0 aliphatic rings. The van der Waals surface area contributed by atoms with E-state index in [0.717, 1.165) is 16.3 Å². The molecule has 0 fully saturated rings. The van der Waals surface area contributed by atoms with Crippen molar-refractivity contribution in [2.24, 2.45) is 0 Å². The molecule has 1 heterocycles. The third-order valence-corrected chi connectivity index (χ3v) is 3.18. The lowest BCUT2D eigenvalue weighted by atomic mass is 10.2. The van der Waals surface area contributed by atoms with Crippen LogP contribution in [0.2, 0.25) is 5.02 Å². The largest absolute Gasteiger partial charge is 0.314 e. The molecule has 0 amide bonds. The van der Waals surface area contributed by atoms with Crippen molar-refractivity contribution < 1.29 is 4.39 Å². The van der Waals surface area contributed by atoms with Crippen LogP contribution in [0, 0.1) is 5.82 Å². The third-order valence-electron chi connectivity index (χ3n) is 2.02. The molecule has 2 rings (SSSR count). The molecule has 0 saturated heterocycles. The zero-order valence-corrected chi connectivity index (χ0v) is 10.2. The van der Waals surface area contributed by atoms with Crippen molar-refractivity contribution in [1.82, 2.24) is 10.3 Å². The zero-order chi connectivity index (χ0) is 11.5. The average Bonchev–Trinajstić information content (AvgIpc) is 2.65. The Hall–Kier alpha value is -0.970. The first-order chi connectivity index (χ1) is 7.69. The van der Waals surface area contributed by atoms with Gasteiger partial charge in [-0.05, 0) is 25.2 Å². The van der Waals surface area contributed by atoms with Crippen LogP contribution >= 0.6 is 22.9 Å². The molecule has 0 aliphatic carbocycles. The molecule has 0 bridgehead atoms. The van der Waals surface area contributed by atoms with Gasteiger partial charge in [0.25, 0.3) is 0 Å². The average molecular weight is 257 g/mol. The van der Waals surface area contributed by atoms with E-state index < -0.39 is 0 Å². The Labute approximate surface area is 102 Å². The molecule has 16 heavy (non-hydrogen) atoms. The minimum absolute atomic E-state index is 0.340. The zero-order valence-electron chi connectivity index (χ0n) is 8.63. The van der Waals surface area contributed by atoms with Crippen LogP contribution in [-0.2, 0) is 6.54 Å². The van der Waals surface area contributed by atoms with Crippen LogP contribution < -0.4 is 5.32 Å². The Bertz CT molecular complexity index is 478. The minimum Gasteiger partial charge on any atom is -0.314 e. The molecule has 0 unspecified atom stereocenters. The molecule has 0 aliphatic heterocycles. The highest BCUT2D eigenvalue weighted by atomic mass is 35.5. The van der Waals surface area contributed by atoms with Crippen molar-refractivity contribution in [3.63, 3.8) is 0 Å². The lowest BCUT2D eigenvalue weighted by Gasteiger charge is -1.98. The number of nitrogens with zero attached hydrogens (tertiary/aromatic N) is 1. The normalized spacial score (nSPS) is 10.7. The second-order valence-corrected chi connectivity index (χ2v) is 4.63. The van der Waals surface area contributed by atoms with Gasteiger partial charge in [-0.2, -0.15) is 0 Å². The summed E-state index contributed by atoms with van der Waals surface area (Å²) < 4.78 is 13.1. The fourth-order valence-corrected chi connectivity index (χ4v) is 2.41. The summed E-state index contributed by atoms with van der Waals surface area (Å²) >= 11 is 7.28. The first-order valence-corrected chi connectivity index (χ1v) is 6.00. The summed E-state index contributed by atoms with van der Waals surface area (Å²) in [5.74, 6) is -0.340. The molecule has 0 spiro atoms. The number of hydrogen-bond donors (Lipinski definition) is 1. The van der Waals surface area contributed by atoms with Gasteiger partial charge in [0, 0.05) is 22.5 Å². The van der Waals surface area contributed by atoms with E-state index in [9.17, 15) is 4.39 Å². The summed E-state index contributed by atoms with van der Waals surface area (Å²) in [5.41, 5.74) is 1.67. The number of rotatable bonds is 3. The molecule has 0 radical (unpaired) electrons. The van der Waals surface area contributed by atoms with Gasteiger partial charge >= 0.3 is 0 Å². The Kier molecular flexibility index (Phi) is 3.53. The Morgan fingerprint density at radius 1 is 1.44 bits per heavy atom. The van der Waals surface area contributed by atoms with Crippen molar-refractivity contribution in [3.05, 3.63) is 40.1 Å². The van der Waals surface area contributed by atoms with Crippen LogP contribution in [0.3, 0.4) is 0 Å². The first-order valence-electron chi connectivity index (χ1n) is 4.74. The number of halogens is 2. The first kappa shape index (κ1) is 11.5. The van der Waals surface area contributed by atoms with Gasteiger partial charge in [0.1, 0.15) is 10.8 Å². The predicted octanol–water partition coefficient (Wildman–Crippen LogP) is 3.32. The van der Waals surface area contributed by atoms with E-state index in [0.29, 0.717) is 11.6 Å². The molecule has 2 nitrogen and oxygen atoms in total.